The second-order valence-corrected chi connectivity index (χ2v) is 8.82. The first kappa shape index (κ1) is 20.8. The molecule has 0 bridgehead atoms. The van der Waals surface area contributed by atoms with Crippen LogP contribution >= 0.6 is 11.3 Å². The van der Waals surface area contributed by atoms with Crippen LogP contribution in [0.4, 0.5) is 9.93 Å². The molecule has 3 N–H and O–H groups in total. The molecule has 27 heavy (non-hydrogen) atoms. The first-order chi connectivity index (χ1) is 12.5. The second kappa shape index (κ2) is 8.47. The van der Waals surface area contributed by atoms with Gasteiger partial charge in [-0.1, -0.05) is 48.9 Å². The third-order valence-electron chi connectivity index (χ3n) is 3.64. The van der Waals surface area contributed by atoms with Gasteiger partial charge < -0.3 is 10.6 Å². The summed E-state index contributed by atoms with van der Waals surface area (Å²) < 4.78 is 0. The summed E-state index contributed by atoms with van der Waals surface area (Å²) in [5.41, 5.74) is 1.70. The van der Waals surface area contributed by atoms with Crippen molar-refractivity contribution in [1.29, 1.82) is 0 Å². The number of nitrogens with one attached hydrogen (secondary N) is 3. The summed E-state index contributed by atoms with van der Waals surface area (Å²) in [5.74, 6) is -0.402. The molecule has 0 fully saturated rings. The van der Waals surface area contributed by atoms with Crippen molar-refractivity contribution in [2.24, 2.45) is 5.92 Å². The number of aromatic nitrogens is 2. The molecule has 2 rings (SSSR count). The highest BCUT2D eigenvalue weighted by Gasteiger charge is 2.26. The zero-order valence-corrected chi connectivity index (χ0v) is 17.4. The largest absolute Gasteiger partial charge is 0.334 e. The van der Waals surface area contributed by atoms with Crippen LogP contribution in [0.2, 0.25) is 0 Å². The van der Waals surface area contributed by atoms with Gasteiger partial charge in [0, 0.05) is 11.1 Å². The molecule has 0 saturated carbocycles. The van der Waals surface area contributed by atoms with E-state index in [1.807, 2.05) is 65.8 Å². The monoisotopic (exact) mass is 389 g/mol. The van der Waals surface area contributed by atoms with E-state index in [0.29, 0.717) is 5.13 Å². The molecular weight excluding hydrogens is 362 g/mol. The van der Waals surface area contributed by atoms with Gasteiger partial charge in [-0.15, -0.1) is 10.2 Å². The summed E-state index contributed by atoms with van der Waals surface area (Å²) in [4.78, 5) is 24.8. The van der Waals surface area contributed by atoms with Crippen LogP contribution in [0.15, 0.2) is 24.3 Å². The van der Waals surface area contributed by atoms with E-state index in [2.05, 4.69) is 26.1 Å². The quantitative estimate of drug-likeness (QED) is 0.728. The fourth-order valence-corrected chi connectivity index (χ4v) is 3.15. The summed E-state index contributed by atoms with van der Waals surface area (Å²) in [6.45, 7) is 11.4. The van der Waals surface area contributed by atoms with Crippen molar-refractivity contribution in [3.63, 3.8) is 0 Å². The van der Waals surface area contributed by atoms with Crippen LogP contribution in [0, 0.1) is 12.8 Å². The predicted molar refractivity (Wildman–Crippen MR) is 109 cm³/mol. The highest BCUT2D eigenvalue weighted by atomic mass is 32.1. The van der Waals surface area contributed by atoms with Crippen LogP contribution in [0.5, 0.6) is 0 Å². The molecule has 8 heteroatoms. The standard InChI is InChI=1S/C19H27N5O2S/c1-11(2)14(20-17(26)22-19(4,5)6)15(25)21-18-24-23-16(27-18)13-9-7-8-12(3)10-13/h7-11,14H,1-6H3,(H2,20,22,26)(H,21,24,25). The normalized spacial score (nSPS) is 12.6. The Balaban J connectivity index is 2.06. The number of hydrogen-bond donors (Lipinski definition) is 3. The summed E-state index contributed by atoms with van der Waals surface area (Å²) in [5, 5.41) is 17.6. The average Bonchev–Trinajstić information content (AvgIpc) is 2.99. The minimum Gasteiger partial charge on any atom is -0.334 e. The van der Waals surface area contributed by atoms with E-state index in [4.69, 9.17) is 0 Å². The fourth-order valence-electron chi connectivity index (χ4n) is 2.40. The van der Waals surface area contributed by atoms with E-state index in [0.717, 1.165) is 16.1 Å². The summed E-state index contributed by atoms with van der Waals surface area (Å²) in [6.07, 6.45) is 0. The number of carbonyl (C=O) groups excluding carboxylic acids is 2. The molecule has 0 radical (unpaired) electrons. The van der Waals surface area contributed by atoms with Crippen molar-refractivity contribution in [2.45, 2.75) is 53.1 Å². The van der Waals surface area contributed by atoms with Gasteiger partial charge in [-0.05, 0) is 39.7 Å². The van der Waals surface area contributed by atoms with Crippen LogP contribution in [0.1, 0.15) is 40.2 Å². The molecule has 0 spiro atoms. The molecule has 2 aromatic rings. The molecule has 1 atom stereocenters. The molecule has 1 heterocycles. The number of amides is 3. The van der Waals surface area contributed by atoms with E-state index < -0.39 is 6.04 Å². The molecular formula is C19H27N5O2S. The third kappa shape index (κ3) is 6.32. The summed E-state index contributed by atoms with van der Waals surface area (Å²) >= 11 is 1.30. The van der Waals surface area contributed by atoms with Crippen molar-refractivity contribution in [3.05, 3.63) is 29.8 Å². The summed E-state index contributed by atoms with van der Waals surface area (Å²) in [6, 6.07) is 6.87. The van der Waals surface area contributed by atoms with Crippen molar-refractivity contribution >= 4 is 28.4 Å². The minimum absolute atomic E-state index is 0.0834. The number of benzene rings is 1. The van der Waals surface area contributed by atoms with Gasteiger partial charge in [0.25, 0.3) is 0 Å². The van der Waals surface area contributed by atoms with Gasteiger partial charge in [-0.2, -0.15) is 0 Å². The van der Waals surface area contributed by atoms with Crippen molar-refractivity contribution < 1.29 is 9.59 Å². The number of hydrogen-bond acceptors (Lipinski definition) is 5. The molecule has 0 aliphatic heterocycles. The van der Waals surface area contributed by atoms with Crippen LogP contribution in [-0.4, -0.2) is 33.7 Å². The van der Waals surface area contributed by atoms with Crippen LogP contribution in [0.3, 0.4) is 0 Å². The first-order valence-corrected chi connectivity index (χ1v) is 9.67. The van der Waals surface area contributed by atoms with Crippen LogP contribution in [-0.2, 0) is 4.79 Å². The Morgan fingerprint density at radius 1 is 1.15 bits per heavy atom. The minimum atomic E-state index is -0.682. The number of nitrogens with zero attached hydrogens (tertiary/aromatic N) is 2. The SMILES string of the molecule is Cc1cccc(-c2nnc(NC(=O)C(NC(=O)NC(C)(C)C)C(C)C)s2)c1. The van der Waals surface area contributed by atoms with E-state index in [1.54, 1.807) is 0 Å². The van der Waals surface area contributed by atoms with Crippen LogP contribution < -0.4 is 16.0 Å². The predicted octanol–water partition coefficient (Wildman–Crippen LogP) is 3.57. The van der Waals surface area contributed by atoms with Crippen LogP contribution in [0.25, 0.3) is 10.6 Å². The molecule has 146 valence electrons. The Bertz CT molecular complexity index is 810. The third-order valence-corrected chi connectivity index (χ3v) is 4.53. The van der Waals surface area contributed by atoms with Gasteiger partial charge in [0.15, 0.2) is 0 Å². The molecule has 3 amide bonds. The molecule has 0 aliphatic rings. The number of urea groups is 1. The number of anilines is 1. The Labute approximate surface area is 164 Å². The lowest BCUT2D eigenvalue weighted by molar-refractivity contribution is -0.118. The van der Waals surface area contributed by atoms with E-state index in [-0.39, 0.29) is 23.4 Å². The van der Waals surface area contributed by atoms with Gasteiger partial charge >= 0.3 is 6.03 Å². The van der Waals surface area contributed by atoms with Gasteiger partial charge in [-0.3, -0.25) is 10.1 Å². The topological polar surface area (TPSA) is 96.0 Å². The molecule has 1 aromatic heterocycles. The maximum absolute atomic E-state index is 12.6. The molecule has 0 aliphatic carbocycles. The Morgan fingerprint density at radius 3 is 2.44 bits per heavy atom. The zero-order valence-electron chi connectivity index (χ0n) is 16.6. The Hall–Kier alpha value is -2.48. The van der Waals surface area contributed by atoms with Gasteiger partial charge in [0.2, 0.25) is 11.0 Å². The summed E-state index contributed by atoms with van der Waals surface area (Å²) in [7, 11) is 0. The smallest absolute Gasteiger partial charge is 0.315 e. The zero-order chi connectivity index (χ0) is 20.2. The van der Waals surface area contributed by atoms with E-state index in [1.165, 1.54) is 11.3 Å². The lowest BCUT2D eigenvalue weighted by atomic mass is 10.0. The van der Waals surface area contributed by atoms with E-state index >= 15 is 0 Å². The van der Waals surface area contributed by atoms with Crippen molar-refractivity contribution in [2.75, 3.05) is 5.32 Å². The number of aryl methyl sites for hydroxylation is 1. The van der Waals surface area contributed by atoms with E-state index in [9.17, 15) is 9.59 Å². The lowest BCUT2D eigenvalue weighted by Crippen LogP contribution is -2.54. The number of carbonyl (C=O) groups is 2. The van der Waals surface area contributed by atoms with Gasteiger partial charge in [0.1, 0.15) is 11.0 Å². The molecule has 7 nitrogen and oxygen atoms in total. The maximum Gasteiger partial charge on any atom is 0.315 e. The number of rotatable bonds is 5. The van der Waals surface area contributed by atoms with Gasteiger partial charge in [0.05, 0.1) is 0 Å². The first-order valence-electron chi connectivity index (χ1n) is 8.85. The highest BCUT2D eigenvalue weighted by molar-refractivity contribution is 7.18. The average molecular weight is 390 g/mol. The fraction of sp³-hybridized carbons (Fsp3) is 0.474. The maximum atomic E-state index is 12.6. The molecule has 1 unspecified atom stereocenters. The highest BCUT2D eigenvalue weighted by Crippen LogP contribution is 2.27. The van der Waals surface area contributed by atoms with Crippen molar-refractivity contribution in [3.8, 4) is 10.6 Å². The molecule has 1 aromatic carbocycles. The second-order valence-electron chi connectivity index (χ2n) is 7.84. The Morgan fingerprint density at radius 2 is 1.85 bits per heavy atom. The molecule has 0 saturated heterocycles. The van der Waals surface area contributed by atoms with Gasteiger partial charge in [-0.25, -0.2) is 4.79 Å². The Kier molecular flexibility index (Phi) is 6.54. The van der Waals surface area contributed by atoms with Crippen molar-refractivity contribution in [1.82, 2.24) is 20.8 Å². The lowest BCUT2D eigenvalue weighted by Gasteiger charge is -2.25.